The van der Waals surface area contributed by atoms with Crippen LogP contribution in [0, 0.1) is 12.3 Å². The molecular weight excluding hydrogens is 252 g/mol. The first-order valence-corrected chi connectivity index (χ1v) is 7.21. The average Bonchev–Trinajstić information content (AvgIpc) is 2.36. The Hall–Kier alpha value is -1.55. The van der Waals surface area contributed by atoms with Crippen molar-refractivity contribution in [1.29, 1.82) is 0 Å². The van der Waals surface area contributed by atoms with E-state index in [0.717, 1.165) is 18.5 Å². The third-order valence-corrected chi connectivity index (χ3v) is 4.20. The zero-order valence-electron chi connectivity index (χ0n) is 12.5. The molecule has 0 bridgehead atoms. The molecular formula is C16H24N2O2. The van der Waals surface area contributed by atoms with E-state index < -0.39 is 0 Å². The summed E-state index contributed by atoms with van der Waals surface area (Å²) in [4.78, 5) is 12.1. The van der Waals surface area contributed by atoms with Crippen molar-refractivity contribution in [3.05, 3.63) is 29.3 Å². The molecule has 0 aromatic heterocycles. The number of aromatic hydroxyl groups is 1. The Morgan fingerprint density at radius 3 is 2.90 bits per heavy atom. The van der Waals surface area contributed by atoms with E-state index in [2.05, 4.69) is 24.5 Å². The number of rotatable bonds is 3. The van der Waals surface area contributed by atoms with Crippen LogP contribution in [0.2, 0.25) is 0 Å². The lowest BCUT2D eigenvalue weighted by Gasteiger charge is -2.39. The van der Waals surface area contributed by atoms with Crippen LogP contribution in [0.1, 0.15) is 42.6 Å². The highest BCUT2D eigenvalue weighted by molar-refractivity contribution is 5.96. The lowest BCUT2D eigenvalue weighted by Crippen LogP contribution is -2.52. The number of aryl methyl sites for hydroxylation is 1. The molecule has 1 aromatic rings. The topological polar surface area (TPSA) is 61.4 Å². The number of carbonyl (C=O) groups is 1. The van der Waals surface area contributed by atoms with Gasteiger partial charge in [0.2, 0.25) is 0 Å². The number of phenols is 1. The van der Waals surface area contributed by atoms with Crippen LogP contribution in [0.15, 0.2) is 18.2 Å². The molecule has 4 nitrogen and oxygen atoms in total. The first-order valence-electron chi connectivity index (χ1n) is 7.21. The monoisotopic (exact) mass is 276 g/mol. The summed E-state index contributed by atoms with van der Waals surface area (Å²) < 4.78 is 0. The molecule has 1 aliphatic rings. The van der Waals surface area contributed by atoms with Crippen molar-refractivity contribution in [3.63, 3.8) is 0 Å². The Bertz CT molecular complexity index is 497. The van der Waals surface area contributed by atoms with E-state index >= 15 is 0 Å². The van der Waals surface area contributed by atoms with E-state index in [-0.39, 0.29) is 23.1 Å². The summed E-state index contributed by atoms with van der Waals surface area (Å²) in [6, 6.07) is 5.38. The SMILES string of the molecule is Cc1ccc(C(=O)NCC2NCCCC2(C)C)c(O)c1. The number of phenolic OH excluding ortho intramolecular Hbond substituents is 1. The minimum atomic E-state index is -0.217. The van der Waals surface area contributed by atoms with Gasteiger partial charge in [-0.05, 0) is 49.4 Å². The second kappa shape index (κ2) is 5.83. The summed E-state index contributed by atoms with van der Waals surface area (Å²) in [6.07, 6.45) is 2.34. The maximum atomic E-state index is 12.1. The van der Waals surface area contributed by atoms with Gasteiger partial charge in [-0.1, -0.05) is 19.9 Å². The van der Waals surface area contributed by atoms with Crippen molar-refractivity contribution in [2.75, 3.05) is 13.1 Å². The molecule has 3 N–H and O–H groups in total. The van der Waals surface area contributed by atoms with Gasteiger partial charge in [0.1, 0.15) is 5.75 Å². The van der Waals surface area contributed by atoms with Crippen LogP contribution in [0.3, 0.4) is 0 Å². The van der Waals surface area contributed by atoms with Crippen molar-refractivity contribution >= 4 is 5.91 Å². The van der Waals surface area contributed by atoms with Gasteiger partial charge in [-0.2, -0.15) is 0 Å². The van der Waals surface area contributed by atoms with Crippen molar-refractivity contribution in [2.24, 2.45) is 5.41 Å². The van der Waals surface area contributed by atoms with Crippen LogP contribution < -0.4 is 10.6 Å². The molecule has 1 saturated heterocycles. The fraction of sp³-hybridized carbons (Fsp3) is 0.562. The third-order valence-electron chi connectivity index (χ3n) is 4.20. The molecule has 0 radical (unpaired) electrons. The van der Waals surface area contributed by atoms with Crippen LogP contribution in [0.4, 0.5) is 0 Å². The Kier molecular flexibility index (Phi) is 4.33. The highest BCUT2D eigenvalue weighted by Crippen LogP contribution is 2.29. The van der Waals surface area contributed by atoms with E-state index in [9.17, 15) is 9.90 Å². The van der Waals surface area contributed by atoms with Crippen molar-refractivity contribution in [2.45, 2.75) is 39.7 Å². The number of hydrogen-bond acceptors (Lipinski definition) is 3. The van der Waals surface area contributed by atoms with Crippen molar-refractivity contribution in [3.8, 4) is 5.75 Å². The maximum Gasteiger partial charge on any atom is 0.255 e. The number of nitrogens with one attached hydrogen (secondary N) is 2. The molecule has 1 fully saturated rings. The summed E-state index contributed by atoms with van der Waals surface area (Å²) in [5.74, 6) is -0.177. The largest absolute Gasteiger partial charge is 0.507 e. The van der Waals surface area contributed by atoms with Crippen LogP contribution in [0.25, 0.3) is 0 Å². The van der Waals surface area contributed by atoms with Crippen molar-refractivity contribution in [1.82, 2.24) is 10.6 Å². The molecule has 0 aliphatic carbocycles. The zero-order valence-corrected chi connectivity index (χ0v) is 12.5. The van der Waals surface area contributed by atoms with E-state index in [1.807, 2.05) is 13.0 Å². The van der Waals surface area contributed by atoms with E-state index in [1.54, 1.807) is 12.1 Å². The van der Waals surface area contributed by atoms with E-state index in [0.29, 0.717) is 12.1 Å². The van der Waals surface area contributed by atoms with Crippen LogP contribution in [0.5, 0.6) is 5.75 Å². The maximum absolute atomic E-state index is 12.1. The normalized spacial score (nSPS) is 21.4. The first-order chi connectivity index (χ1) is 9.40. The quantitative estimate of drug-likeness (QED) is 0.793. The molecule has 110 valence electrons. The molecule has 0 spiro atoms. The van der Waals surface area contributed by atoms with Gasteiger partial charge in [0, 0.05) is 12.6 Å². The Labute approximate surface area is 120 Å². The molecule has 1 aliphatic heterocycles. The van der Waals surface area contributed by atoms with E-state index in [4.69, 9.17) is 0 Å². The lowest BCUT2D eigenvalue weighted by atomic mass is 9.77. The van der Waals surface area contributed by atoms with Gasteiger partial charge in [0.15, 0.2) is 0 Å². The van der Waals surface area contributed by atoms with Gasteiger partial charge in [0.25, 0.3) is 5.91 Å². The number of benzene rings is 1. The summed E-state index contributed by atoms with van der Waals surface area (Å²) in [6.45, 7) is 7.91. The smallest absolute Gasteiger partial charge is 0.255 e. The molecule has 4 heteroatoms. The molecule has 1 aromatic carbocycles. The minimum Gasteiger partial charge on any atom is -0.507 e. The van der Waals surface area contributed by atoms with Gasteiger partial charge >= 0.3 is 0 Å². The summed E-state index contributed by atoms with van der Waals surface area (Å²) in [5, 5.41) is 16.2. The molecule has 1 unspecified atom stereocenters. The van der Waals surface area contributed by atoms with Gasteiger partial charge < -0.3 is 15.7 Å². The third kappa shape index (κ3) is 3.31. The minimum absolute atomic E-state index is 0.0402. The molecule has 1 heterocycles. The summed E-state index contributed by atoms with van der Waals surface area (Å²) in [5.41, 5.74) is 1.46. The molecule has 0 saturated carbocycles. The van der Waals surface area contributed by atoms with Gasteiger partial charge in [-0.15, -0.1) is 0 Å². The lowest BCUT2D eigenvalue weighted by molar-refractivity contribution is 0.0926. The Morgan fingerprint density at radius 2 is 2.25 bits per heavy atom. The second-order valence-electron chi connectivity index (χ2n) is 6.33. The molecule has 1 amide bonds. The molecule has 20 heavy (non-hydrogen) atoms. The van der Waals surface area contributed by atoms with Crippen LogP contribution in [-0.2, 0) is 0 Å². The number of amides is 1. The van der Waals surface area contributed by atoms with Crippen LogP contribution >= 0.6 is 0 Å². The highest BCUT2D eigenvalue weighted by Gasteiger charge is 2.32. The zero-order chi connectivity index (χ0) is 14.8. The van der Waals surface area contributed by atoms with Gasteiger partial charge in [-0.3, -0.25) is 4.79 Å². The molecule has 1 atom stereocenters. The molecule has 2 rings (SSSR count). The fourth-order valence-corrected chi connectivity index (χ4v) is 2.74. The van der Waals surface area contributed by atoms with Gasteiger partial charge in [-0.25, -0.2) is 0 Å². The second-order valence-corrected chi connectivity index (χ2v) is 6.33. The predicted octanol–water partition coefficient (Wildman–Crippen LogP) is 2.21. The standard InChI is InChI=1S/C16H24N2O2/c1-11-5-6-12(13(19)9-11)15(20)18-10-14-16(2,3)7-4-8-17-14/h5-6,9,14,17,19H,4,7-8,10H2,1-3H3,(H,18,20). The first kappa shape index (κ1) is 14.9. The van der Waals surface area contributed by atoms with Crippen molar-refractivity contribution < 1.29 is 9.90 Å². The predicted molar refractivity (Wildman–Crippen MR) is 80.0 cm³/mol. The Balaban J connectivity index is 1.98. The van der Waals surface area contributed by atoms with Crippen LogP contribution in [-0.4, -0.2) is 30.1 Å². The summed E-state index contributed by atoms with van der Waals surface area (Å²) in [7, 11) is 0. The van der Waals surface area contributed by atoms with E-state index in [1.165, 1.54) is 6.42 Å². The number of carbonyl (C=O) groups excluding carboxylic acids is 1. The average molecular weight is 276 g/mol. The number of piperidine rings is 1. The Morgan fingerprint density at radius 1 is 1.50 bits per heavy atom. The fourth-order valence-electron chi connectivity index (χ4n) is 2.74. The number of hydrogen-bond donors (Lipinski definition) is 3. The van der Waals surface area contributed by atoms with Gasteiger partial charge in [0.05, 0.1) is 5.56 Å². The summed E-state index contributed by atoms with van der Waals surface area (Å²) >= 11 is 0. The highest BCUT2D eigenvalue weighted by atomic mass is 16.3.